The van der Waals surface area contributed by atoms with E-state index in [1.165, 1.54) is 6.92 Å². The minimum atomic E-state index is -1.71. The molecule has 14 heteroatoms. The standard InChI is InChI=1S/C42H60N2O12/c1-20-10-13-31(54-32-18-40(8,44(51)52)36(25(6)53-32)43-56-26(7)46)21(2)15-28-16-27(19-45)24(5)17-42(28)38(49)33(39(50)55-42)37(48)41(9)30(20)12-11-29-34(41)22(3)14-23(4)35(29)47/h10-12,15-16,22-25,28-32,34-36,43,45,47-48,51-52H,13-14,17-19H2,1-9H3/b20-10-,21-15+,37-33?/t22-,23-,24+,25?,28+,29-,30+,31-,32?,34-,35-,36?,40?,41+,42+/m0/s1. The molecule has 0 aromatic heterocycles. The van der Waals surface area contributed by atoms with Gasteiger partial charge in [0.15, 0.2) is 11.9 Å². The van der Waals surface area contributed by atoms with Crippen molar-refractivity contribution in [2.45, 2.75) is 130 Å². The summed E-state index contributed by atoms with van der Waals surface area (Å²) < 4.78 is 19.2. The van der Waals surface area contributed by atoms with Gasteiger partial charge in [0.1, 0.15) is 11.3 Å². The number of aliphatic hydroxyl groups is 3. The molecule has 6 rings (SSSR count). The second-order valence-electron chi connectivity index (χ2n) is 17.8. The maximum atomic E-state index is 15.0. The molecule has 6 N–H and O–H groups in total. The summed E-state index contributed by atoms with van der Waals surface area (Å²) in [6.07, 6.45) is 7.45. The van der Waals surface area contributed by atoms with Gasteiger partial charge in [0.2, 0.25) is 5.78 Å². The smallest absolute Gasteiger partial charge is 0.346 e. The number of allylic oxidation sites excluding steroid dienone is 3. The van der Waals surface area contributed by atoms with Gasteiger partial charge in [-0.15, -0.1) is 5.48 Å². The van der Waals surface area contributed by atoms with Crippen molar-refractivity contribution in [3.8, 4) is 0 Å². The highest BCUT2D eigenvalue weighted by Crippen LogP contribution is 2.60. The molecular formula is C42H60N2O12. The van der Waals surface area contributed by atoms with Crippen LogP contribution in [0.15, 0.2) is 58.4 Å². The van der Waals surface area contributed by atoms with E-state index < -0.39 is 76.8 Å². The zero-order valence-corrected chi connectivity index (χ0v) is 33.9. The Hall–Kier alpha value is -3.21. The largest absolute Gasteiger partial charge is 0.511 e. The molecule has 0 radical (unpaired) electrons. The van der Waals surface area contributed by atoms with Crippen LogP contribution in [-0.2, 0) is 33.4 Å². The van der Waals surface area contributed by atoms with E-state index in [4.69, 9.17) is 19.0 Å². The SMILES string of the molecule is CC(=O)ONC1C(C)OC(O[C@H]2C/C=C(/C)[C@H]3C=C[C@@H]4[C@@H](O)[C@@H](C)C[C@H](C)[C@@H]4[C@]3(C)C(O)=C3C(=O)O[C@@]4(C[C@@H](C)C(CO)=C[C@H]4/C=C/2C)C3=O)CC1(C)N(O)O. The highest BCUT2D eigenvalue weighted by atomic mass is 16.8. The molecule has 15 atom stereocenters. The summed E-state index contributed by atoms with van der Waals surface area (Å²) in [4.78, 5) is 45.8. The van der Waals surface area contributed by atoms with Crippen molar-refractivity contribution >= 4 is 17.7 Å². The van der Waals surface area contributed by atoms with Crippen LogP contribution in [0.1, 0.15) is 88.0 Å². The number of nitrogens with zero attached hydrogens (tertiary/aromatic N) is 1. The van der Waals surface area contributed by atoms with E-state index in [1.807, 2.05) is 58.9 Å². The summed E-state index contributed by atoms with van der Waals surface area (Å²) in [6.45, 7) is 15.8. The molecule has 1 spiro atoms. The van der Waals surface area contributed by atoms with Crippen molar-refractivity contribution in [3.05, 3.63) is 58.4 Å². The van der Waals surface area contributed by atoms with Gasteiger partial charge in [-0.25, -0.2) is 4.79 Å². The number of aliphatic hydroxyl groups excluding tert-OH is 3. The molecule has 3 fully saturated rings. The lowest BCUT2D eigenvalue weighted by Gasteiger charge is -2.55. The Morgan fingerprint density at radius 2 is 1.73 bits per heavy atom. The minimum Gasteiger partial charge on any atom is -0.511 e. The average Bonchev–Trinajstić information content (AvgIpc) is 3.36. The minimum absolute atomic E-state index is 0.00518. The van der Waals surface area contributed by atoms with Gasteiger partial charge in [0.05, 0.1) is 36.5 Å². The van der Waals surface area contributed by atoms with Crippen LogP contribution in [0.4, 0.5) is 0 Å². The van der Waals surface area contributed by atoms with Crippen molar-refractivity contribution in [2.24, 2.45) is 46.8 Å². The van der Waals surface area contributed by atoms with Crippen LogP contribution in [-0.4, -0.2) is 97.1 Å². The zero-order valence-electron chi connectivity index (χ0n) is 33.9. The molecule has 1 saturated carbocycles. The van der Waals surface area contributed by atoms with Crippen LogP contribution >= 0.6 is 0 Å². The van der Waals surface area contributed by atoms with E-state index in [2.05, 4.69) is 12.4 Å². The Balaban J connectivity index is 1.50. The lowest BCUT2D eigenvalue weighted by atomic mass is 9.49. The van der Waals surface area contributed by atoms with Gasteiger partial charge in [-0.05, 0) is 75.4 Å². The summed E-state index contributed by atoms with van der Waals surface area (Å²) in [5.41, 5.74) is 0.0833. The summed E-state index contributed by atoms with van der Waals surface area (Å²) >= 11 is 0. The Bertz CT molecular complexity index is 1750. The molecule has 0 aromatic rings. The number of ether oxygens (including phenoxy) is 3. The normalized spacial score (nSPS) is 46.1. The number of ketones is 1. The first kappa shape index (κ1) is 42.4. The third kappa shape index (κ3) is 6.93. The summed E-state index contributed by atoms with van der Waals surface area (Å²) in [6, 6.07) is -0.869. The predicted molar refractivity (Wildman–Crippen MR) is 201 cm³/mol. The van der Waals surface area contributed by atoms with Gasteiger partial charge in [-0.2, -0.15) is 0 Å². The molecule has 2 heterocycles. The number of Topliss-reactive ketones (excluding diaryl/α,β-unsaturated/α-hetero) is 1. The number of fused-ring (bicyclic) bond motifs is 4. The molecule has 2 aliphatic heterocycles. The van der Waals surface area contributed by atoms with E-state index in [9.17, 15) is 40.1 Å². The molecule has 56 heavy (non-hydrogen) atoms. The van der Waals surface area contributed by atoms with E-state index >= 15 is 0 Å². The van der Waals surface area contributed by atoms with Crippen molar-refractivity contribution in [3.63, 3.8) is 0 Å². The van der Waals surface area contributed by atoms with Gasteiger partial charge >= 0.3 is 11.9 Å². The molecule has 0 amide bonds. The van der Waals surface area contributed by atoms with Gasteiger partial charge in [-0.3, -0.25) is 20.0 Å². The fraction of sp³-hybridized carbons (Fsp3) is 0.690. The van der Waals surface area contributed by atoms with Crippen molar-refractivity contribution in [1.29, 1.82) is 0 Å². The van der Waals surface area contributed by atoms with Crippen LogP contribution in [0, 0.1) is 46.8 Å². The molecule has 2 bridgehead atoms. The van der Waals surface area contributed by atoms with Crippen LogP contribution in [0.2, 0.25) is 0 Å². The van der Waals surface area contributed by atoms with Gasteiger partial charge < -0.3 is 34.4 Å². The second kappa shape index (κ2) is 15.5. The second-order valence-corrected chi connectivity index (χ2v) is 17.8. The zero-order chi connectivity index (χ0) is 41.2. The molecule has 2 saturated heterocycles. The van der Waals surface area contributed by atoms with Gasteiger partial charge in [-0.1, -0.05) is 68.9 Å². The number of nitrogens with one attached hydrogen (secondary N) is 1. The highest BCUT2D eigenvalue weighted by molar-refractivity contribution is 6.26. The first-order valence-corrected chi connectivity index (χ1v) is 19.9. The first-order chi connectivity index (χ1) is 26.2. The Morgan fingerprint density at radius 1 is 1.04 bits per heavy atom. The maximum Gasteiger partial charge on any atom is 0.346 e. The van der Waals surface area contributed by atoms with Crippen LogP contribution < -0.4 is 5.48 Å². The molecule has 6 aliphatic rings. The van der Waals surface area contributed by atoms with Crippen LogP contribution in [0.25, 0.3) is 0 Å². The molecule has 14 nitrogen and oxygen atoms in total. The molecule has 310 valence electrons. The Morgan fingerprint density at radius 3 is 2.38 bits per heavy atom. The number of carbonyl (C=O) groups is 3. The fourth-order valence-corrected chi connectivity index (χ4v) is 11.0. The van der Waals surface area contributed by atoms with Crippen LogP contribution in [0.5, 0.6) is 0 Å². The number of hydrogen-bond acceptors (Lipinski definition) is 14. The lowest BCUT2D eigenvalue weighted by molar-refractivity contribution is -0.395. The summed E-state index contributed by atoms with van der Waals surface area (Å²) in [7, 11) is 0. The Labute approximate surface area is 328 Å². The predicted octanol–water partition coefficient (Wildman–Crippen LogP) is 4.79. The third-order valence-electron chi connectivity index (χ3n) is 14.1. The van der Waals surface area contributed by atoms with Crippen molar-refractivity contribution in [2.75, 3.05) is 6.61 Å². The van der Waals surface area contributed by atoms with Crippen molar-refractivity contribution < 1.29 is 59.2 Å². The first-order valence-electron chi connectivity index (χ1n) is 19.9. The number of esters is 1. The Kier molecular flexibility index (Phi) is 11.7. The third-order valence-corrected chi connectivity index (χ3v) is 14.1. The van der Waals surface area contributed by atoms with E-state index in [-0.39, 0.29) is 65.6 Å². The number of hydroxylamine groups is 3. The van der Waals surface area contributed by atoms with E-state index in [0.717, 1.165) is 5.57 Å². The fourth-order valence-electron chi connectivity index (χ4n) is 11.0. The van der Waals surface area contributed by atoms with E-state index in [0.29, 0.717) is 24.0 Å². The number of rotatable bonds is 6. The molecule has 0 aromatic carbocycles. The highest BCUT2D eigenvalue weighted by Gasteiger charge is 2.63. The van der Waals surface area contributed by atoms with Crippen LogP contribution in [0.3, 0.4) is 0 Å². The van der Waals surface area contributed by atoms with E-state index in [1.54, 1.807) is 19.9 Å². The topological polar surface area (TPSA) is 205 Å². The summed E-state index contributed by atoms with van der Waals surface area (Å²) in [5.74, 6) is -4.76. The lowest BCUT2D eigenvalue weighted by Crippen LogP contribution is -2.67. The monoisotopic (exact) mass is 784 g/mol. The maximum absolute atomic E-state index is 15.0. The summed E-state index contributed by atoms with van der Waals surface area (Å²) in [5, 5.41) is 55.4. The average molecular weight is 785 g/mol. The number of carbonyl (C=O) groups excluding carboxylic acids is 3. The molecule has 4 aliphatic carbocycles. The number of hydrogen-bond donors (Lipinski definition) is 6. The van der Waals surface area contributed by atoms with Gasteiger partial charge in [0, 0.05) is 42.9 Å². The van der Waals surface area contributed by atoms with Gasteiger partial charge in [0.25, 0.3) is 0 Å². The molecular weight excluding hydrogens is 724 g/mol. The molecule has 4 unspecified atom stereocenters. The quantitative estimate of drug-likeness (QED) is 0.0928. The van der Waals surface area contributed by atoms with Crippen molar-refractivity contribution in [1.82, 2.24) is 10.7 Å².